The Morgan fingerprint density at radius 3 is 2.00 bits per heavy atom. The lowest BCUT2D eigenvalue weighted by Crippen LogP contribution is -2.04. The summed E-state index contributed by atoms with van der Waals surface area (Å²) in [5, 5.41) is 5.16. The number of para-hydroxylation sites is 2. The minimum Gasteiger partial charge on any atom is -0.297 e. The summed E-state index contributed by atoms with van der Waals surface area (Å²) in [7, 11) is 0. The highest BCUT2D eigenvalue weighted by Crippen LogP contribution is 2.45. The molecule has 0 radical (unpaired) electrons. The lowest BCUT2D eigenvalue weighted by Gasteiger charge is -2.24. The summed E-state index contributed by atoms with van der Waals surface area (Å²) in [6.07, 6.45) is 1.69. The quantitative estimate of drug-likeness (QED) is 0.184. The highest BCUT2D eigenvalue weighted by atomic mass is 15.1. The third kappa shape index (κ3) is 4.53. The molecule has 0 atom stereocenters. The van der Waals surface area contributed by atoms with Crippen molar-refractivity contribution < 1.29 is 0 Å². The van der Waals surface area contributed by atoms with E-state index in [1.54, 1.807) is 0 Å². The first-order valence-electron chi connectivity index (χ1n) is 17.5. The second kappa shape index (κ2) is 11.4. The molecule has 0 saturated heterocycles. The lowest BCUT2D eigenvalue weighted by atomic mass is 9.79. The van der Waals surface area contributed by atoms with Gasteiger partial charge in [-0.2, -0.15) is 0 Å². The van der Waals surface area contributed by atoms with E-state index in [4.69, 9.17) is 4.98 Å². The monoisotopic (exact) mass is 638 g/mol. The maximum absolute atomic E-state index is 4.88. The number of rotatable bonds is 2. The molecule has 1 heterocycles. The maximum Gasteiger partial charge on any atom is 0.111 e. The third-order valence-electron chi connectivity index (χ3n) is 10.7. The molecule has 0 saturated carbocycles. The van der Waals surface area contributed by atoms with Crippen LogP contribution in [0.1, 0.15) is 28.1 Å². The number of fused-ring (bicyclic) bond motifs is 11. The lowest BCUT2D eigenvalue weighted by molar-refractivity contribution is 1.00. The van der Waals surface area contributed by atoms with Crippen LogP contribution in [0, 0.1) is 6.92 Å². The van der Waals surface area contributed by atoms with Crippen LogP contribution in [0.3, 0.4) is 0 Å². The molecule has 8 aromatic carbocycles. The Bertz CT molecular complexity index is 2780. The fraction of sp³-hybridized carbons (Fsp3) is 0.0625. The zero-order valence-electron chi connectivity index (χ0n) is 27.9. The summed E-state index contributed by atoms with van der Waals surface area (Å²) in [5.74, 6) is 0.986. The number of imidazole rings is 1. The molecular weight excluding hydrogens is 605 g/mol. The Morgan fingerprint density at radius 2 is 1.16 bits per heavy atom. The van der Waals surface area contributed by atoms with Crippen molar-refractivity contribution >= 4 is 32.6 Å². The van der Waals surface area contributed by atoms with Crippen molar-refractivity contribution in [1.82, 2.24) is 9.55 Å². The third-order valence-corrected chi connectivity index (χ3v) is 10.7. The number of nitrogens with zero attached hydrogens (tertiary/aromatic N) is 2. The Kier molecular flexibility index (Phi) is 6.57. The molecule has 0 unspecified atom stereocenters. The molecule has 10 rings (SSSR count). The normalized spacial score (nSPS) is 12.3. The predicted molar refractivity (Wildman–Crippen MR) is 209 cm³/mol. The average molecular weight is 639 g/mol. The molecule has 0 amide bonds. The number of benzene rings is 8. The van der Waals surface area contributed by atoms with E-state index in [0.29, 0.717) is 0 Å². The SMILES string of the molecule is Cc1nc2ccccc2n1-c1cccc(-c2cc3c(c4ccccc24)-c2ccc4ccccc4c2Cc2ccccc2-c2ccccc2C3)c1. The Morgan fingerprint density at radius 1 is 0.480 bits per heavy atom. The van der Waals surface area contributed by atoms with E-state index in [2.05, 4.69) is 175 Å². The van der Waals surface area contributed by atoms with Gasteiger partial charge in [-0.05, 0) is 127 Å². The van der Waals surface area contributed by atoms with E-state index in [1.165, 1.54) is 77.2 Å². The highest BCUT2D eigenvalue weighted by molar-refractivity contribution is 6.08. The Balaban J connectivity index is 1.28. The molecule has 1 aromatic heterocycles. The van der Waals surface area contributed by atoms with Crippen molar-refractivity contribution in [1.29, 1.82) is 0 Å². The van der Waals surface area contributed by atoms with Crippen LogP contribution >= 0.6 is 0 Å². The number of hydrogen-bond donors (Lipinski definition) is 0. The summed E-state index contributed by atoms with van der Waals surface area (Å²) in [6.45, 7) is 2.09. The summed E-state index contributed by atoms with van der Waals surface area (Å²) in [4.78, 5) is 4.88. The van der Waals surface area contributed by atoms with E-state index in [-0.39, 0.29) is 0 Å². The van der Waals surface area contributed by atoms with Crippen molar-refractivity contribution in [3.8, 4) is 39.1 Å². The smallest absolute Gasteiger partial charge is 0.111 e. The topological polar surface area (TPSA) is 17.8 Å². The van der Waals surface area contributed by atoms with Crippen molar-refractivity contribution in [2.24, 2.45) is 0 Å². The van der Waals surface area contributed by atoms with Gasteiger partial charge in [0.15, 0.2) is 0 Å². The standard InChI is InChI=1S/C48H34N2/c1-31-49-46-23-10-11-24-47(46)50(31)37-17-12-16-34(28-37)44-30-36-27-33-14-3-6-19-39(33)40-20-7-4-15-35(40)29-45-38-18-5-2-13-32(38)25-26-43(45)48(36)42-22-9-8-21-41(42)44/h2-26,28,30H,27,29H2,1H3. The molecule has 0 spiro atoms. The summed E-state index contributed by atoms with van der Waals surface area (Å²) in [6, 6.07) is 60.5. The zero-order valence-corrected chi connectivity index (χ0v) is 27.9. The van der Waals surface area contributed by atoms with E-state index in [1.807, 2.05) is 0 Å². The maximum atomic E-state index is 4.88. The van der Waals surface area contributed by atoms with Crippen LogP contribution in [-0.2, 0) is 12.8 Å². The van der Waals surface area contributed by atoms with Gasteiger partial charge in [0.2, 0.25) is 0 Å². The van der Waals surface area contributed by atoms with E-state index in [9.17, 15) is 0 Å². The fourth-order valence-electron chi connectivity index (χ4n) is 8.44. The highest BCUT2D eigenvalue weighted by Gasteiger charge is 2.23. The molecule has 0 N–H and O–H groups in total. The molecule has 0 bridgehead atoms. The molecule has 1 aliphatic carbocycles. The van der Waals surface area contributed by atoms with Gasteiger partial charge in [-0.15, -0.1) is 0 Å². The van der Waals surface area contributed by atoms with Crippen LogP contribution in [0.5, 0.6) is 0 Å². The average Bonchev–Trinajstić information content (AvgIpc) is 3.51. The second-order valence-electron chi connectivity index (χ2n) is 13.5. The van der Waals surface area contributed by atoms with Crippen LogP contribution < -0.4 is 0 Å². The largest absolute Gasteiger partial charge is 0.297 e. The number of hydrogen-bond acceptors (Lipinski definition) is 1. The van der Waals surface area contributed by atoms with Gasteiger partial charge in [-0.3, -0.25) is 4.57 Å². The van der Waals surface area contributed by atoms with Gasteiger partial charge in [0, 0.05) is 5.69 Å². The molecule has 2 heteroatoms. The van der Waals surface area contributed by atoms with Crippen LogP contribution in [0.2, 0.25) is 0 Å². The molecular formula is C48H34N2. The minimum absolute atomic E-state index is 0.828. The molecule has 1 aliphatic rings. The van der Waals surface area contributed by atoms with Gasteiger partial charge in [-0.1, -0.05) is 133 Å². The van der Waals surface area contributed by atoms with Crippen LogP contribution in [0.25, 0.3) is 71.6 Å². The van der Waals surface area contributed by atoms with Crippen molar-refractivity contribution in [3.05, 3.63) is 192 Å². The second-order valence-corrected chi connectivity index (χ2v) is 13.5. The molecule has 50 heavy (non-hydrogen) atoms. The van der Waals surface area contributed by atoms with Gasteiger partial charge in [0.1, 0.15) is 5.82 Å². The number of aryl methyl sites for hydroxylation is 1. The van der Waals surface area contributed by atoms with Gasteiger partial charge < -0.3 is 0 Å². The Labute approximate surface area is 291 Å². The summed E-state index contributed by atoms with van der Waals surface area (Å²) < 4.78 is 2.28. The first-order chi connectivity index (χ1) is 24.7. The first kappa shape index (κ1) is 28.7. The van der Waals surface area contributed by atoms with Crippen molar-refractivity contribution in [2.45, 2.75) is 19.8 Å². The van der Waals surface area contributed by atoms with Crippen LogP contribution in [-0.4, -0.2) is 9.55 Å². The van der Waals surface area contributed by atoms with E-state index >= 15 is 0 Å². The molecule has 236 valence electrons. The van der Waals surface area contributed by atoms with Crippen molar-refractivity contribution in [2.75, 3.05) is 0 Å². The van der Waals surface area contributed by atoms with Crippen molar-refractivity contribution in [3.63, 3.8) is 0 Å². The zero-order chi connectivity index (χ0) is 33.2. The molecule has 0 aliphatic heterocycles. The van der Waals surface area contributed by atoms with Gasteiger partial charge in [-0.25, -0.2) is 4.98 Å². The minimum atomic E-state index is 0.828. The van der Waals surface area contributed by atoms with E-state index in [0.717, 1.165) is 35.4 Å². The van der Waals surface area contributed by atoms with Gasteiger partial charge >= 0.3 is 0 Å². The van der Waals surface area contributed by atoms with Crippen LogP contribution in [0.15, 0.2) is 164 Å². The Hall–Kier alpha value is -6.25. The number of aromatic nitrogens is 2. The van der Waals surface area contributed by atoms with E-state index < -0.39 is 0 Å². The fourth-order valence-corrected chi connectivity index (χ4v) is 8.44. The molecule has 0 fully saturated rings. The van der Waals surface area contributed by atoms with Gasteiger partial charge in [0.25, 0.3) is 0 Å². The molecule has 9 aromatic rings. The van der Waals surface area contributed by atoms with Crippen LogP contribution in [0.4, 0.5) is 0 Å². The summed E-state index contributed by atoms with van der Waals surface area (Å²) in [5.41, 5.74) is 16.5. The predicted octanol–water partition coefficient (Wildman–Crippen LogP) is 12.1. The molecule has 2 nitrogen and oxygen atoms in total. The summed E-state index contributed by atoms with van der Waals surface area (Å²) >= 11 is 0. The first-order valence-corrected chi connectivity index (χ1v) is 17.5. The van der Waals surface area contributed by atoms with Gasteiger partial charge in [0.05, 0.1) is 11.0 Å².